The van der Waals surface area contributed by atoms with Gasteiger partial charge >= 0.3 is 0 Å². The van der Waals surface area contributed by atoms with Gasteiger partial charge in [0.15, 0.2) is 0 Å². The third kappa shape index (κ3) is 4.35. The minimum atomic E-state index is 0.154. The predicted molar refractivity (Wildman–Crippen MR) is 98.4 cm³/mol. The Hall–Kier alpha value is -1.80. The lowest BCUT2D eigenvalue weighted by Gasteiger charge is -2.24. The summed E-state index contributed by atoms with van der Waals surface area (Å²) in [5.74, 6) is 1.23. The van der Waals surface area contributed by atoms with E-state index in [1.165, 1.54) is 22.3 Å². The third-order valence-electron chi connectivity index (χ3n) is 4.51. The van der Waals surface area contributed by atoms with Gasteiger partial charge in [0.2, 0.25) is 0 Å². The molecule has 0 aliphatic rings. The van der Waals surface area contributed by atoms with Crippen LogP contribution in [0.2, 0.25) is 0 Å². The summed E-state index contributed by atoms with van der Waals surface area (Å²) in [6.45, 7) is 9.59. The van der Waals surface area contributed by atoms with E-state index in [-0.39, 0.29) is 5.41 Å². The minimum Gasteiger partial charge on any atom is -0.497 e. The van der Waals surface area contributed by atoms with E-state index in [0.29, 0.717) is 12.5 Å². The van der Waals surface area contributed by atoms with Crippen molar-refractivity contribution in [3.8, 4) is 5.75 Å². The normalized spacial score (nSPS) is 13.0. The highest BCUT2D eigenvalue weighted by molar-refractivity contribution is 5.38. The van der Waals surface area contributed by atoms with Crippen LogP contribution in [0.25, 0.3) is 0 Å². The van der Waals surface area contributed by atoms with Crippen molar-refractivity contribution in [2.45, 2.75) is 45.4 Å². The predicted octanol–water partition coefficient (Wildman–Crippen LogP) is 4.59. The molecule has 0 spiro atoms. The van der Waals surface area contributed by atoms with Gasteiger partial charge < -0.3 is 10.5 Å². The van der Waals surface area contributed by atoms with Crippen LogP contribution in [0.15, 0.2) is 42.5 Å². The monoisotopic (exact) mass is 311 g/mol. The Morgan fingerprint density at radius 3 is 2.22 bits per heavy atom. The molecule has 2 nitrogen and oxygen atoms in total. The van der Waals surface area contributed by atoms with Gasteiger partial charge in [-0.1, -0.05) is 51.1 Å². The number of hydrogen-bond donors (Lipinski definition) is 1. The van der Waals surface area contributed by atoms with Gasteiger partial charge in [0.1, 0.15) is 5.75 Å². The lowest BCUT2D eigenvalue weighted by Crippen LogP contribution is -2.18. The Kier molecular flexibility index (Phi) is 5.48. The highest BCUT2D eigenvalue weighted by Crippen LogP contribution is 2.30. The molecule has 0 amide bonds. The van der Waals surface area contributed by atoms with Gasteiger partial charge in [-0.2, -0.15) is 0 Å². The Balaban J connectivity index is 2.29. The van der Waals surface area contributed by atoms with Gasteiger partial charge in [0.25, 0.3) is 0 Å². The number of ether oxygens (including phenoxy) is 1. The summed E-state index contributed by atoms with van der Waals surface area (Å²) in [4.78, 5) is 0. The molecule has 2 rings (SSSR count). The van der Waals surface area contributed by atoms with E-state index in [0.717, 1.165) is 12.2 Å². The maximum atomic E-state index is 6.11. The van der Waals surface area contributed by atoms with Gasteiger partial charge in [-0.15, -0.1) is 0 Å². The Bertz CT molecular complexity index is 638. The molecule has 0 aliphatic heterocycles. The smallest absolute Gasteiger partial charge is 0.118 e. The number of rotatable bonds is 5. The van der Waals surface area contributed by atoms with Crippen LogP contribution in [0.5, 0.6) is 5.75 Å². The average Bonchev–Trinajstić information content (AvgIpc) is 2.53. The van der Waals surface area contributed by atoms with E-state index < -0.39 is 0 Å². The molecule has 0 heterocycles. The average molecular weight is 311 g/mol. The van der Waals surface area contributed by atoms with Crippen molar-refractivity contribution >= 4 is 0 Å². The van der Waals surface area contributed by atoms with Crippen LogP contribution < -0.4 is 10.5 Å². The second-order valence-corrected chi connectivity index (χ2v) is 7.31. The lowest BCUT2D eigenvalue weighted by atomic mass is 9.81. The van der Waals surface area contributed by atoms with Crippen molar-refractivity contribution in [2.24, 2.45) is 5.73 Å². The van der Waals surface area contributed by atoms with E-state index in [1.807, 2.05) is 12.1 Å². The summed E-state index contributed by atoms with van der Waals surface area (Å²) < 4.78 is 5.23. The zero-order valence-electron chi connectivity index (χ0n) is 15.0. The quantitative estimate of drug-likeness (QED) is 0.877. The summed E-state index contributed by atoms with van der Waals surface area (Å²) in [7, 11) is 1.69. The fraction of sp³-hybridized carbons (Fsp3) is 0.429. The Morgan fingerprint density at radius 1 is 1.04 bits per heavy atom. The Morgan fingerprint density at radius 2 is 1.70 bits per heavy atom. The van der Waals surface area contributed by atoms with Gasteiger partial charge in [0, 0.05) is 5.92 Å². The molecular formula is C21H29NO. The molecule has 124 valence electrons. The summed E-state index contributed by atoms with van der Waals surface area (Å²) >= 11 is 0. The van der Waals surface area contributed by atoms with E-state index in [2.05, 4.69) is 58.0 Å². The van der Waals surface area contributed by atoms with Crippen molar-refractivity contribution in [2.75, 3.05) is 13.7 Å². The van der Waals surface area contributed by atoms with E-state index in [4.69, 9.17) is 10.5 Å². The molecule has 0 saturated heterocycles. The van der Waals surface area contributed by atoms with Crippen molar-refractivity contribution in [3.63, 3.8) is 0 Å². The van der Waals surface area contributed by atoms with Crippen LogP contribution >= 0.6 is 0 Å². The second-order valence-electron chi connectivity index (χ2n) is 7.31. The first-order valence-corrected chi connectivity index (χ1v) is 8.29. The summed E-state index contributed by atoms with van der Waals surface area (Å²) in [5.41, 5.74) is 11.6. The fourth-order valence-electron chi connectivity index (χ4n) is 2.91. The van der Waals surface area contributed by atoms with Crippen molar-refractivity contribution < 1.29 is 4.74 Å². The molecule has 23 heavy (non-hydrogen) atoms. The Labute approximate surface area is 140 Å². The van der Waals surface area contributed by atoms with Crippen LogP contribution in [0, 0.1) is 6.92 Å². The number of benzene rings is 2. The molecule has 2 N–H and O–H groups in total. The maximum absolute atomic E-state index is 6.11. The topological polar surface area (TPSA) is 35.2 Å². The first-order valence-electron chi connectivity index (χ1n) is 8.29. The van der Waals surface area contributed by atoms with Crippen LogP contribution in [-0.4, -0.2) is 13.7 Å². The summed E-state index contributed by atoms with van der Waals surface area (Å²) in [6.07, 6.45) is 0.953. The molecule has 1 atom stereocenters. The molecule has 1 unspecified atom stereocenters. The molecule has 2 heteroatoms. The lowest BCUT2D eigenvalue weighted by molar-refractivity contribution is 0.414. The zero-order valence-corrected chi connectivity index (χ0v) is 15.0. The molecule has 0 aromatic heterocycles. The largest absolute Gasteiger partial charge is 0.497 e. The first kappa shape index (κ1) is 17.6. The molecular weight excluding hydrogens is 282 g/mol. The van der Waals surface area contributed by atoms with E-state index >= 15 is 0 Å². The van der Waals surface area contributed by atoms with Crippen LogP contribution in [0.4, 0.5) is 0 Å². The van der Waals surface area contributed by atoms with Crippen LogP contribution in [0.3, 0.4) is 0 Å². The third-order valence-corrected chi connectivity index (χ3v) is 4.51. The summed E-state index contributed by atoms with van der Waals surface area (Å²) in [6, 6.07) is 15.1. The highest BCUT2D eigenvalue weighted by Gasteiger charge is 2.18. The summed E-state index contributed by atoms with van der Waals surface area (Å²) in [5, 5.41) is 0. The number of hydrogen-bond acceptors (Lipinski definition) is 2. The molecule has 2 aromatic rings. The molecule has 2 aromatic carbocycles. The molecule has 0 fully saturated rings. The number of methoxy groups -OCH3 is 1. The van der Waals surface area contributed by atoms with Crippen LogP contribution in [0.1, 0.15) is 48.9 Å². The van der Waals surface area contributed by atoms with Crippen LogP contribution in [-0.2, 0) is 11.8 Å². The van der Waals surface area contributed by atoms with E-state index in [1.54, 1.807) is 7.11 Å². The molecule has 0 bridgehead atoms. The van der Waals surface area contributed by atoms with Crippen molar-refractivity contribution in [3.05, 3.63) is 64.7 Å². The van der Waals surface area contributed by atoms with Gasteiger partial charge in [-0.05, 0) is 59.7 Å². The fourth-order valence-corrected chi connectivity index (χ4v) is 2.91. The SMILES string of the molecule is COc1ccc(CC(CN)c2cc(C(C)(C)C)ccc2C)cc1. The van der Waals surface area contributed by atoms with Gasteiger partial charge in [0.05, 0.1) is 7.11 Å². The second kappa shape index (κ2) is 7.18. The van der Waals surface area contributed by atoms with E-state index in [9.17, 15) is 0 Å². The number of aryl methyl sites for hydroxylation is 1. The highest BCUT2D eigenvalue weighted by atomic mass is 16.5. The van der Waals surface area contributed by atoms with Gasteiger partial charge in [-0.3, -0.25) is 0 Å². The van der Waals surface area contributed by atoms with Crippen molar-refractivity contribution in [1.82, 2.24) is 0 Å². The molecule has 0 radical (unpaired) electrons. The maximum Gasteiger partial charge on any atom is 0.118 e. The standard InChI is InChI=1S/C21H29NO/c1-15-6-9-18(21(2,3)4)13-20(15)17(14-22)12-16-7-10-19(23-5)11-8-16/h6-11,13,17H,12,14,22H2,1-5H3. The van der Waals surface area contributed by atoms with Gasteiger partial charge in [-0.25, -0.2) is 0 Å². The van der Waals surface area contributed by atoms with Crippen molar-refractivity contribution in [1.29, 1.82) is 0 Å². The zero-order chi connectivity index (χ0) is 17.0. The number of nitrogens with two attached hydrogens (primary N) is 1. The minimum absolute atomic E-state index is 0.154. The first-order chi connectivity index (χ1) is 10.8. The molecule has 0 saturated carbocycles. The molecule has 0 aliphatic carbocycles.